The van der Waals surface area contributed by atoms with Crippen molar-refractivity contribution in [1.29, 1.82) is 0 Å². The maximum atomic E-state index is 12.5. The van der Waals surface area contributed by atoms with Gasteiger partial charge in [0.25, 0.3) is 11.6 Å². The lowest BCUT2D eigenvalue weighted by atomic mass is 10.1. The first-order valence-electron chi connectivity index (χ1n) is 6.77. The molecular formula is C14H18N2O4. The third-order valence-corrected chi connectivity index (χ3v) is 3.45. The Morgan fingerprint density at radius 2 is 2.25 bits per heavy atom. The van der Waals surface area contributed by atoms with Gasteiger partial charge in [-0.1, -0.05) is 12.1 Å². The molecule has 1 atom stereocenters. The number of hydrogen-bond donors (Lipinski definition) is 0. The number of amides is 1. The van der Waals surface area contributed by atoms with E-state index in [9.17, 15) is 14.9 Å². The molecule has 1 aliphatic heterocycles. The number of hydrogen-bond acceptors (Lipinski definition) is 4. The maximum Gasteiger partial charge on any atom is 0.282 e. The summed E-state index contributed by atoms with van der Waals surface area (Å²) in [5.41, 5.74) is -0.0133. The molecule has 1 unspecified atom stereocenters. The second kappa shape index (κ2) is 6.47. The molecule has 6 heteroatoms. The van der Waals surface area contributed by atoms with Gasteiger partial charge in [-0.15, -0.1) is 0 Å². The van der Waals surface area contributed by atoms with Gasteiger partial charge in [-0.05, 0) is 25.8 Å². The molecule has 2 rings (SSSR count). The average molecular weight is 278 g/mol. The summed E-state index contributed by atoms with van der Waals surface area (Å²) in [5, 5.41) is 11.0. The first-order chi connectivity index (χ1) is 9.63. The lowest BCUT2D eigenvalue weighted by molar-refractivity contribution is -0.385. The van der Waals surface area contributed by atoms with Crippen molar-refractivity contribution in [3.63, 3.8) is 0 Å². The lowest BCUT2D eigenvalue weighted by Gasteiger charge is -2.23. The van der Waals surface area contributed by atoms with Crippen LogP contribution in [0.1, 0.15) is 30.1 Å². The fraction of sp³-hybridized carbons (Fsp3) is 0.500. The number of carbonyl (C=O) groups excluding carboxylic acids is 1. The van der Waals surface area contributed by atoms with Crippen LogP contribution >= 0.6 is 0 Å². The van der Waals surface area contributed by atoms with Crippen molar-refractivity contribution in [3.8, 4) is 0 Å². The van der Waals surface area contributed by atoms with Crippen LogP contribution in [-0.4, -0.2) is 41.5 Å². The van der Waals surface area contributed by atoms with Crippen LogP contribution in [0.25, 0.3) is 0 Å². The highest BCUT2D eigenvalue weighted by molar-refractivity contribution is 5.98. The Morgan fingerprint density at radius 1 is 1.50 bits per heavy atom. The van der Waals surface area contributed by atoms with Crippen LogP contribution in [0.3, 0.4) is 0 Å². The molecule has 1 saturated heterocycles. The van der Waals surface area contributed by atoms with Crippen LogP contribution in [0.2, 0.25) is 0 Å². The zero-order valence-electron chi connectivity index (χ0n) is 11.4. The number of likely N-dealkylation sites (N-methyl/N-ethyl adjacent to an activating group) is 1. The van der Waals surface area contributed by atoms with Crippen molar-refractivity contribution >= 4 is 11.6 Å². The van der Waals surface area contributed by atoms with Crippen molar-refractivity contribution in [3.05, 3.63) is 39.9 Å². The van der Waals surface area contributed by atoms with Crippen LogP contribution < -0.4 is 0 Å². The van der Waals surface area contributed by atoms with Gasteiger partial charge in [0.2, 0.25) is 0 Å². The van der Waals surface area contributed by atoms with Crippen LogP contribution in [-0.2, 0) is 4.74 Å². The SMILES string of the molecule is CCN(CC1CCCO1)C(=O)c1ccccc1[N+](=O)[O-]. The smallest absolute Gasteiger partial charge is 0.282 e. The van der Waals surface area contributed by atoms with Gasteiger partial charge in [-0.2, -0.15) is 0 Å². The summed E-state index contributed by atoms with van der Waals surface area (Å²) in [5.74, 6) is -0.310. The fourth-order valence-corrected chi connectivity index (χ4v) is 2.37. The summed E-state index contributed by atoms with van der Waals surface area (Å²) in [6, 6.07) is 6.05. The molecule has 108 valence electrons. The Balaban J connectivity index is 2.17. The van der Waals surface area contributed by atoms with Gasteiger partial charge in [-0.3, -0.25) is 14.9 Å². The summed E-state index contributed by atoms with van der Waals surface area (Å²) >= 11 is 0. The Labute approximate surface area is 117 Å². The van der Waals surface area contributed by atoms with E-state index in [0.29, 0.717) is 13.1 Å². The summed E-state index contributed by atoms with van der Waals surface area (Å²) in [4.78, 5) is 24.5. The predicted octanol–water partition coefficient (Wildman–Crippen LogP) is 2.24. The molecule has 0 aromatic heterocycles. The summed E-state index contributed by atoms with van der Waals surface area (Å²) in [7, 11) is 0. The molecule has 6 nitrogen and oxygen atoms in total. The molecule has 1 amide bonds. The number of ether oxygens (including phenoxy) is 1. The third-order valence-electron chi connectivity index (χ3n) is 3.45. The molecule has 0 N–H and O–H groups in total. The number of benzene rings is 1. The van der Waals surface area contributed by atoms with Crippen LogP contribution in [0.5, 0.6) is 0 Å². The second-order valence-electron chi connectivity index (χ2n) is 4.75. The highest BCUT2D eigenvalue weighted by Gasteiger charge is 2.26. The summed E-state index contributed by atoms with van der Waals surface area (Å²) in [6.07, 6.45) is 1.98. The average Bonchev–Trinajstić information content (AvgIpc) is 2.97. The standard InChI is InChI=1S/C14H18N2O4/c1-2-15(10-11-6-5-9-20-11)14(17)12-7-3-4-8-13(12)16(18)19/h3-4,7-8,11H,2,5-6,9-10H2,1H3. The van der Waals surface area contributed by atoms with Crippen LogP contribution in [0.15, 0.2) is 24.3 Å². The Bertz CT molecular complexity index is 498. The van der Waals surface area contributed by atoms with E-state index in [1.807, 2.05) is 6.92 Å². The molecule has 20 heavy (non-hydrogen) atoms. The fourth-order valence-electron chi connectivity index (χ4n) is 2.37. The first-order valence-corrected chi connectivity index (χ1v) is 6.77. The van der Waals surface area contributed by atoms with E-state index in [-0.39, 0.29) is 23.3 Å². The minimum atomic E-state index is -0.521. The van der Waals surface area contributed by atoms with Crippen molar-refractivity contribution in [1.82, 2.24) is 4.90 Å². The summed E-state index contributed by atoms with van der Waals surface area (Å²) < 4.78 is 5.52. The van der Waals surface area contributed by atoms with Gasteiger partial charge in [0, 0.05) is 25.8 Å². The predicted molar refractivity (Wildman–Crippen MR) is 73.6 cm³/mol. The zero-order chi connectivity index (χ0) is 14.5. The summed E-state index contributed by atoms with van der Waals surface area (Å²) in [6.45, 7) is 3.58. The van der Waals surface area contributed by atoms with E-state index >= 15 is 0 Å². The topological polar surface area (TPSA) is 72.7 Å². The maximum absolute atomic E-state index is 12.5. The first kappa shape index (κ1) is 14.5. The quantitative estimate of drug-likeness (QED) is 0.611. The number of nitrogens with zero attached hydrogens (tertiary/aromatic N) is 2. The van der Waals surface area contributed by atoms with Gasteiger partial charge in [0.1, 0.15) is 5.56 Å². The minimum absolute atomic E-state index is 0.0432. The van der Waals surface area contributed by atoms with Gasteiger partial charge in [-0.25, -0.2) is 0 Å². The Morgan fingerprint density at radius 3 is 2.85 bits per heavy atom. The van der Waals surface area contributed by atoms with Crippen molar-refractivity contribution in [2.24, 2.45) is 0 Å². The lowest BCUT2D eigenvalue weighted by Crippen LogP contribution is -2.37. The van der Waals surface area contributed by atoms with Gasteiger partial charge < -0.3 is 9.64 Å². The highest BCUT2D eigenvalue weighted by Crippen LogP contribution is 2.21. The van der Waals surface area contributed by atoms with E-state index in [1.54, 1.807) is 17.0 Å². The molecular weight excluding hydrogens is 260 g/mol. The molecule has 1 fully saturated rings. The van der Waals surface area contributed by atoms with Gasteiger partial charge >= 0.3 is 0 Å². The number of nitro benzene ring substituents is 1. The number of para-hydroxylation sites is 1. The normalized spacial score (nSPS) is 17.9. The Hall–Kier alpha value is -1.95. The molecule has 0 spiro atoms. The zero-order valence-corrected chi connectivity index (χ0v) is 11.4. The van der Waals surface area contributed by atoms with Gasteiger partial charge in [0.15, 0.2) is 0 Å². The number of rotatable bonds is 5. The molecule has 0 radical (unpaired) electrons. The Kier molecular flexibility index (Phi) is 4.68. The van der Waals surface area contributed by atoms with Gasteiger partial charge in [0.05, 0.1) is 11.0 Å². The second-order valence-corrected chi connectivity index (χ2v) is 4.75. The van der Waals surface area contributed by atoms with Crippen molar-refractivity contribution in [2.75, 3.05) is 19.7 Å². The van der Waals surface area contributed by atoms with E-state index in [2.05, 4.69) is 0 Å². The molecule has 1 aromatic carbocycles. The van der Waals surface area contributed by atoms with Crippen LogP contribution in [0.4, 0.5) is 5.69 Å². The van der Waals surface area contributed by atoms with Crippen molar-refractivity contribution < 1.29 is 14.5 Å². The minimum Gasteiger partial charge on any atom is -0.376 e. The molecule has 0 bridgehead atoms. The van der Waals surface area contributed by atoms with E-state index < -0.39 is 4.92 Å². The molecule has 1 heterocycles. The monoisotopic (exact) mass is 278 g/mol. The van der Waals surface area contributed by atoms with Crippen molar-refractivity contribution in [2.45, 2.75) is 25.9 Å². The molecule has 1 aromatic rings. The molecule has 1 aliphatic rings. The van der Waals surface area contributed by atoms with E-state index in [4.69, 9.17) is 4.74 Å². The number of nitro groups is 1. The van der Waals surface area contributed by atoms with E-state index in [1.165, 1.54) is 12.1 Å². The molecule has 0 aliphatic carbocycles. The molecule has 0 saturated carbocycles. The highest BCUT2D eigenvalue weighted by atomic mass is 16.6. The van der Waals surface area contributed by atoms with Crippen LogP contribution in [0, 0.1) is 10.1 Å². The third kappa shape index (κ3) is 3.14. The number of carbonyl (C=O) groups is 1. The largest absolute Gasteiger partial charge is 0.376 e. The van der Waals surface area contributed by atoms with E-state index in [0.717, 1.165) is 19.4 Å².